The summed E-state index contributed by atoms with van der Waals surface area (Å²) in [6.45, 7) is 1.98. The first-order chi connectivity index (χ1) is 16.0. The molecule has 0 bridgehead atoms. The van der Waals surface area contributed by atoms with Crippen LogP contribution in [0.3, 0.4) is 0 Å². The highest BCUT2D eigenvalue weighted by molar-refractivity contribution is 7.99. The van der Waals surface area contributed by atoms with Crippen LogP contribution in [0.4, 0.5) is 0 Å². The van der Waals surface area contributed by atoms with E-state index in [4.69, 9.17) is 4.74 Å². The Balaban J connectivity index is 1.53. The number of aromatic nitrogens is 2. The van der Waals surface area contributed by atoms with E-state index >= 15 is 0 Å². The van der Waals surface area contributed by atoms with Crippen molar-refractivity contribution in [3.8, 4) is 11.4 Å². The van der Waals surface area contributed by atoms with Crippen LogP contribution in [-0.4, -0.2) is 34.5 Å². The first-order valence-corrected chi connectivity index (χ1v) is 11.2. The third kappa shape index (κ3) is 5.30. The van der Waals surface area contributed by atoms with E-state index in [2.05, 4.69) is 15.5 Å². The van der Waals surface area contributed by atoms with Crippen molar-refractivity contribution in [1.29, 1.82) is 0 Å². The van der Waals surface area contributed by atoms with Gasteiger partial charge in [-0.05, 0) is 61.0 Å². The summed E-state index contributed by atoms with van der Waals surface area (Å²) in [4.78, 5) is 30.2. The average molecular weight is 459 g/mol. The van der Waals surface area contributed by atoms with Crippen molar-refractivity contribution in [3.63, 3.8) is 0 Å². The molecule has 3 aromatic carbocycles. The fourth-order valence-electron chi connectivity index (χ4n) is 3.16. The van der Waals surface area contributed by atoms with Crippen molar-refractivity contribution < 1.29 is 9.53 Å². The predicted molar refractivity (Wildman–Crippen MR) is 132 cm³/mol. The largest absolute Gasteiger partial charge is 0.497 e. The molecule has 4 rings (SSSR count). The number of thioether (sulfide) groups is 1. The smallest absolute Gasteiger partial charge is 0.266 e. The zero-order chi connectivity index (χ0) is 23.2. The molecule has 0 saturated carbocycles. The van der Waals surface area contributed by atoms with Gasteiger partial charge in [0.2, 0.25) is 0 Å². The number of nitrogens with zero attached hydrogens (tertiary/aromatic N) is 3. The minimum Gasteiger partial charge on any atom is -0.497 e. The fraction of sp³-hybridized carbons (Fsp3) is 0.120. The number of rotatable bonds is 7. The van der Waals surface area contributed by atoms with E-state index in [9.17, 15) is 9.59 Å². The van der Waals surface area contributed by atoms with Crippen LogP contribution in [0.1, 0.15) is 11.1 Å². The van der Waals surface area contributed by atoms with E-state index in [-0.39, 0.29) is 17.2 Å². The summed E-state index contributed by atoms with van der Waals surface area (Å²) >= 11 is 1.18. The van der Waals surface area contributed by atoms with Gasteiger partial charge in [0, 0.05) is 0 Å². The van der Waals surface area contributed by atoms with Gasteiger partial charge in [-0.3, -0.25) is 14.2 Å². The number of ether oxygens (including phenoxy) is 1. The van der Waals surface area contributed by atoms with E-state index in [0.717, 1.165) is 16.9 Å². The predicted octanol–water partition coefficient (Wildman–Crippen LogP) is 3.95. The van der Waals surface area contributed by atoms with Gasteiger partial charge in [0.25, 0.3) is 11.5 Å². The van der Waals surface area contributed by atoms with Crippen molar-refractivity contribution in [1.82, 2.24) is 15.0 Å². The number of hydrazone groups is 1. The average Bonchev–Trinajstić information content (AvgIpc) is 2.84. The molecular formula is C25H22N4O3S. The molecule has 7 nitrogen and oxygen atoms in total. The van der Waals surface area contributed by atoms with Crippen molar-refractivity contribution in [2.75, 3.05) is 12.9 Å². The first-order valence-electron chi connectivity index (χ1n) is 10.2. The number of para-hydroxylation sites is 1. The van der Waals surface area contributed by atoms with E-state index in [1.807, 2.05) is 67.6 Å². The highest BCUT2D eigenvalue weighted by Gasteiger charge is 2.14. The number of nitrogens with one attached hydrogen (secondary N) is 1. The number of fused-ring (bicyclic) bond motifs is 1. The van der Waals surface area contributed by atoms with E-state index in [1.54, 1.807) is 30.0 Å². The number of amides is 1. The van der Waals surface area contributed by atoms with Crippen LogP contribution >= 0.6 is 11.8 Å². The second-order valence-corrected chi connectivity index (χ2v) is 8.19. The Labute approximate surface area is 195 Å². The number of aryl methyl sites for hydroxylation is 1. The van der Waals surface area contributed by atoms with E-state index in [0.29, 0.717) is 21.7 Å². The number of hydrogen-bond donors (Lipinski definition) is 1. The molecule has 8 heteroatoms. The molecule has 1 amide bonds. The van der Waals surface area contributed by atoms with Crippen LogP contribution in [0.25, 0.3) is 16.6 Å². The van der Waals surface area contributed by atoms with Crippen molar-refractivity contribution in [2.45, 2.75) is 12.1 Å². The summed E-state index contributed by atoms with van der Waals surface area (Å²) in [7, 11) is 1.60. The topological polar surface area (TPSA) is 85.6 Å². The molecule has 0 aliphatic carbocycles. The summed E-state index contributed by atoms with van der Waals surface area (Å²) in [6, 6.07) is 22.1. The molecule has 0 unspecified atom stereocenters. The monoisotopic (exact) mass is 458 g/mol. The Morgan fingerprint density at radius 2 is 1.82 bits per heavy atom. The van der Waals surface area contributed by atoms with Crippen molar-refractivity contribution >= 4 is 34.8 Å². The summed E-state index contributed by atoms with van der Waals surface area (Å²) in [6.07, 6.45) is 1.55. The lowest BCUT2D eigenvalue weighted by Crippen LogP contribution is -2.24. The molecule has 0 aliphatic heterocycles. The molecule has 1 N–H and O–H groups in total. The Hall–Kier alpha value is -3.91. The highest BCUT2D eigenvalue weighted by atomic mass is 32.2. The van der Waals surface area contributed by atoms with E-state index < -0.39 is 0 Å². The Morgan fingerprint density at radius 1 is 1.09 bits per heavy atom. The summed E-state index contributed by atoms with van der Waals surface area (Å²) in [5.74, 6) is 0.495. The van der Waals surface area contributed by atoms with Crippen molar-refractivity contribution in [2.24, 2.45) is 5.10 Å². The second-order valence-electron chi connectivity index (χ2n) is 7.24. The third-order valence-electron chi connectivity index (χ3n) is 4.89. The summed E-state index contributed by atoms with van der Waals surface area (Å²) in [5.41, 5.74) is 5.54. The molecule has 0 radical (unpaired) electrons. The Morgan fingerprint density at radius 3 is 2.55 bits per heavy atom. The van der Waals surface area contributed by atoms with Crippen LogP contribution in [0, 0.1) is 6.92 Å². The summed E-state index contributed by atoms with van der Waals surface area (Å²) < 4.78 is 6.66. The van der Waals surface area contributed by atoms with Gasteiger partial charge in [0.15, 0.2) is 5.16 Å². The Bertz CT molecular complexity index is 1360. The zero-order valence-electron chi connectivity index (χ0n) is 18.2. The molecule has 33 heavy (non-hydrogen) atoms. The van der Waals surface area contributed by atoms with Gasteiger partial charge in [-0.2, -0.15) is 5.10 Å². The highest BCUT2D eigenvalue weighted by Crippen LogP contribution is 2.21. The minimum absolute atomic E-state index is 0.0522. The number of benzene rings is 3. The fourth-order valence-corrected chi connectivity index (χ4v) is 3.97. The maximum absolute atomic E-state index is 13.2. The quantitative estimate of drug-likeness (QED) is 0.196. The summed E-state index contributed by atoms with van der Waals surface area (Å²) in [5, 5.41) is 4.97. The van der Waals surface area contributed by atoms with Crippen LogP contribution in [0.2, 0.25) is 0 Å². The van der Waals surface area contributed by atoms with Gasteiger partial charge in [-0.1, -0.05) is 41.6 Å². The SMILES string of the molecule is COc1ccc(/C=N/NC(=O)CSc2nc3ccccc3c(=O)n2-c2ccc(C)cc2)cc1. The zero-order valence-corrected chi connectivity index (χ0v) is 19.0. The molecule has 166 valence electrons. The van der Waals surface area contributed by atoms with Gasteiger partial charge in [0.1, 0.15) is 5.75 Å². The molecule has 0 aliphatic rings. The van der Waals surface area contributed by atoms with Crippen LogP contribution in [-0.2, 0) is 4.79 Å². The first kappa shape index (κ1) is 22.3. The molecule has 0 fully saturated rings. The van der Waals surface area contributed by atoms with Gasteiger partial charge >= 0.3 is 0 Å². The molecule has 0 atom stereocenters. The van der Waals surface area contributed by atoms with Crippen molar-refractivity contribution in [3.05, 3.63) is 94.3 Å². The third-order valence-corrected chi connectivity index (χ3v) is 5.83. The van der Waals surface area contributed by atoms with Gasteiger partial charge in [-0.25, -0.2) is 10.4 Å². The van der Waals surface area contributed by atoms with E-state index in [1.165, 1.54) is 11.8 Å². The number of carbonyl (C=O) groups is 1. The Kier molecular flexibility index (Phi) is 6.85. The molecule has 1 aromatic heterocycles. The normalized spacial score (nSPS) is 11.1. The van der Waals surface area contributed by atoms with Gasteiger partial charge in [0.05, 0.1) is 35.7 Å². The standard InChI is InChI=1S/C25H22N4O3S/c1-17-7-11-19(12-8-17)29-24(31)21-5-3-4-6-22(21)27-25(29)33-16-23(30)28-26-15-18-9-13-20(32-2)14-10-18/h3-15H,16H2,1-2H3,(H,28,30)/b26-15+. The number of hydrogen-bond acceptors (Lipinski definition) is 6. The molecule has 1 heterocycles. The van der Waals surface area contributed by atoms with Crippen LogP contribution in [0.15, 0.2) is 87.8 Å². The van der Waals surface area contributed by atoms with Crippen LogP contribution in [0.5, 0.6) is 5.75 Å². The number of methoxy groups -OCH3 is 1. The maximum atomic E-state index is 13.2. The lowest BCUT2D eigenvalue weighted by molar-refractivity contribution is -0.118. The number of carbonyl (C=O) groups excluding carboxylic acids is 1. The second kappa shape index (κ2) is 10.1. The van der Waals surface area contributed by atoms with Gasteiger partial charge < -0.3 is 4.74 Å². The lowest BCUT2D eigenvalue weighted by Gasteiger charge is -2.13. The molecule has 4 aromatic rings. The van der Waals surface area contributed by atoms with Crippen LogP contribution < -0.4 is 15.7 Å². The molecule has 0 saturated heterocycles. The van der Waals surface area contributed by atoms with Gasteiger partial charge in [-0.15, -0.1) is 0 Å². The molecule has 0 spiro atoms. The minimum atomic E-state index is -0.303. The molecular weight excluding hydrogens is 436 g/mol. The maximum Gasteiger partial charge on any atom is 0.266 e. The lowest BCUT2D eigenvalue weighted by atomic mass is 10.2.